The van der Waals surface area contributed by atoms with Crippen LogP contribution in [-0.4, -0.2) is 34.0 Å². The van der Waals surface area contributed by atoms with E-state index in [1.54, 1.807) is 12.1 Å². The van der Waals surface area contributed by atoms with Gasteiger partial charge >= 0.3 is 0 Å². The average Bonchev–Trinajstić information content (AvgIpc) is 2.78. The molecule has 0 unspecified atom stereocenters. The molecule has 0 atom stereocenters. The van der Waals surface area contributed by atoms with Crippen LogP contribution in [-0.2, 0) is 14.8 Å². The fourth-order valence-corrected chi connectivity index (χ4v) is 4.97. The zero-order valence-corrected chi connectivity index (χ0v) is 21.3. The van der Waals surface area contributed by atoms with Gasteiger partial charge in [-0.05, 0) is 86.8 Å². The summed E-state index contributed by atoms with van der Waals surface area (Å²) >= 11 is 5.93. The lowest BCUT2D eigenvalue weighted by Crippen LogP contribution is -2.42. The van der Waals surface area contributed by atoms with Gasteiger partial charge in [-0.1, -0.05) is 35.4 Å². The van der Waals surface area contributed by atoms with Crippen molar-refractivity contribution < 1.29 is 17.9 Å². The summed E-state index contributed by atoms with van der Waals surface area (Å²) in [5.74, 6) is 0.321. The Morgan fingerprint density at radius 3 is 2.26 bits per heavy atom. The van der Waals surface area contributed by atoms with E-state index >= 15 is 0 Å². The number of rotatable bonds is 9. The second kappa shape index (κ2) is 10.9. The molecule has 0 aliphatic carbocycles. The van der Waals surface area contributed by atoms with Crippen LogP contribution in [0.15, 0.2) is 65.6 Å². The topological polar surface area (TPSA) is 75.7 Å². The van der Waals surface area contributed by atoms with Gasteiger partial charge in [-0.25, -0.2) is 8.42 Å². The molecule has 0 fully saturated rings. The molecule has 34 heavy (non-hydrogen) atoms. The molecular formula is C26H29ClN2O4S. The molecule has 0 spiro atoms. The monoisotopic (exact) mass is 500 g/mol. The molecule has 0 saturated heterocycles. The number of carbonyl (C=O) groups is 1. The van der Waals surface area contributed by atoms with Crippen LogP contribution in [0.3, 0.4) is 0 Å². The second-order valence-electron chi connectivity index (χ2n) is 8.20. The van der Waals surface area contributed by atoms with Gasteiger partial charge in [0.25, 0.3) is 10.0 Å². The summed E-state index contributed by atoms with van der Waals surface area (Å²) in [5.41, 5.74) is 4.53. The standard InChI is InChI=1S/C26H29ClN2O4S/c1-18-5-12-25(21(4)15-18)33-14-13-28-26(30)17-29(23-9-6-19(2)20(3)16-23)34(31,32)24-10-7-22(27)8-11-24/h5-12,15-16H,13-14,17H2,1-4H3,(H,28,30). The first-order valence-corrected chi connectivity index (χ1v) is 12.7. The smallest absolute Gasteiger partial charge is 0.264 e. The Labute approximate surface area is 206 Å². The van der Waals surface area contributed by atoms with Gasteiger partial charge in [0.15, 0.2) is 0 Å². The lowest BCUT2D eigenvalue weighted by molar-refractivity contribution is -0.119. The Morgan fingerprint density at radius 2 is 1.62 bits per heavy atom. The third-order valence-electron chi connectivity index (χ3n) is 5.48. The molecular weight excluding hydrogens is 472 g/mol. The number of hydrogen-bond acceptors (Lipinski definition) is 4. The van der Waals surface area contributed by atoms with Crippen molar-refractivity contribution in [1.82, 2.24) is 5.32 Å². The van der Waals surface area contributed by atoms with Gasteiger partial charge in [0.2, 0.25) is 5.91 Å². The highest BCUT2D eigenvalue weighted by Crippen LogP contribution is 2.26. The highest BCUT2D eigenvalue weighted by molar-refractivity contribution is 7.92. The number of carbonyl (C=O) groups excluding carboxylic acids is 1. The lowest BCUT2D eigenvalue weighted by Gasteiger charge is -2.25. The van der Waals surface area contributed by atoms with E-state index < -0.39 is 15.9 Å². The van der Waals surface area contributed by atoms with Crippen LogP contribution in [0, 0.1) is 27.7 Å². The van der Waals surface area contributed by atoms with Crippen LogP contribution in [0.1, 0.15) is 22.3 Å². The van der Waals surface area contributed by atoms with Crippen molar-refractivity contribution in [3.63, 3.8) is 0 Å². The molecule has 1 amide bonds. The number of hydrogen-bond donors (Lipinski definition) is 1. The van der Waals surface area contributed by atoms with E-state index in [2.05, 4.69) is 5.32 Å². The van der Waals surface area contributed by atoms with E-state index in [1.807, 2.05) is 52.0 Å². The molecule has 6 nitrogen and oxygen atoms in total. The number of nitrogens with zero attached hydrogens (tertiary/aromatic N) is 1. The summed E-state index contributed by atoms with van der Waals surface area (Å²) in [6, 6.07) is 17.1. The fraction of sp³-hybridized carbons (Fsp3) is 0.269. The molecule has 0 heterocycles. The minimum atomic E-state index is -4.00. The summed E-state index contributed by atoms with van der Waals surface area (Å²) in [5, 5.41) is 3.18. The summed E-state index contributed by atoms with van der Waals surface area (Å²) in [6.07, 6.45) is 0. The first-order valence-electron chi connectivity index (χ1n) is 10.9. The quantitative estimate of drug-likeness (QED) is 0.421. The van der Waals surface area contributed by atoms with Crippen LogP contribution in [0.25, 0.3) is 0 Å². The van der Waals surface area contributed by atoms with Gasteiger partial charge in [-0.3, -0.25) is 9.10 Å². The maximum absolute atomic E-state index is 13.4. The van der Waals surface area contributed by atoms with Gasteiger partial charge in [0.05, 0.1) is 17.1 Å². The Balaban J connectivity index is 1.73. The summed E-state index contributed by atoms with van der Waals surface area (Å²) in [6.45, 7) is 7.96. The van der Waals surface area contributed by atoms with Crippen molar-refractivity contribution in [2.24, 2.45) is 0 Å². The van der Waals surface area contributed by atoms with E-state index in [1.165, 1.54) is 24.3 Å². The van der Waals surface area contributed by atoms with Crippen molar-refractivity contribution in [2.75, 3.05) is 24.0 Å². The van der Waals surface area contributed by atoms with Gasteiger partial charge < -0.3 is 10.1 Å². The first-order chi connectivity index (χ1) is 16.1. The number of halogens is 1. The van der Waals surface area contributed by atoms with Crippen molar-refractivity contribution in [3.05, 3.63) is 87.9 Å². The minimum absolute atomic E-state index is 0.0566. The van der Waals surface area contributed by atoms with E-state index in [0.717, 1.165) is 32.3 Å². The Bertz CT molecular complexity index is 1270. The normalized spacial score (nSPS) is 11.2. The summed E-state index contributed by atoms with van der Waals surface area (Å²) in [7, 11) is -4.00. The van der Waals surface area contributed by atoms with Crippen LogP contribution >= 0.6 is 11.6 Å². The van der Waals surface area contributed by atoms with Gasteiger partial charge in [-0.15, -0.1) is 0 Å². The fourth-order valence-electron chi connectivity index (χ4n) is 3.43. The Kier molecular flexibility index (Phi) is 8.23. The highest BCUT2D eigenvalue weighted by Gasteiger charge is 2.27. The maximum Gasteiger partial charge on any atom is 0.264 e. The highest BCUT2D eigenvalue weighted by atomic mass is 35.5. The number of nitrogens with one attached hydrogen (secondary N) is 1. The summed E-state index contributed by atoms with van der Waals surface area (Å²) < 4.78 is 33.7. The number of amides is 1. The third-order valence-corrected chi connectivity index (χ3v) is 7.52. The van der Waals surface area contributed by atoms with Crippen molar-refractivity contribution in [2.45, 2.75) is 32.6 Å². The Morgan fingerprint density at radius 1 is 0.912 bits per heavy atom. The van der Waals surface area contributed by atoms with Crippen LogP contribution < -0.4 is 14.4 Å². The molecule has 3 aromatic rings. The SMILES string of the molecule is Cc1ccc(OCCNC(=O)CN(c2ccc(C)c(C)c2)S(=O)(=O)c2ccc(Cl)cc2)c(C)c1. The van der Waals surface area contributed by atoms with Crippen molar-refractivity contribution in [3.8, 4) is 5.75 Å². The molecule has 0 saturated carbocycles. The number of benzene rings is 3. The molecule has 1 N–H and O–H groups in total. The molecule has 3 aromatic carbocycles. The third kappa shape index (κ3) is 6.30. The maximum atomic E-state index is 13.4. The Hall–Kier alpha value is -3.03. The van der Waals surface area contributed by atoms with Crippen LogP contribution in [0.4, 0.5) is 5.69 Å². The average molecular weight is 501 g/mol. The van der Waals surface area contributed by atoms with Gasteiger partial charge in [-0.2, -0.15) is 0 Å². The molecule has 0 aliphatic heterocycles. The van der Waals surface area contributed by atoms with Gasteiger partial charge in [0, 0.05) is 5.02 Å². The molecule has 0 aliphatic rings. The van der Waals surface area contributed by atoms with E-state index in [9.17, 15) is 13.2 Å². The minimum Gasteiger partial charge on any atom is -0.491 e. The molecule has 0 radical (unpaired) electrons. The summed E-state index contributed by atoms with van der Waals surface area (Å²) in [4.78, 5) is 12.8. The first kappa shape index (κ1) is 25.6. The van der Waals surface area contributed by atoms with Crippen molar-refractivity contribution in [1.29, 1.82) is 0 Å². The number of sulfonamides is 1. The van der Waals surface area contributed by atoms with Gasteiger partial charge in [0.1, 0.15) is 18.9 Å². The number of aryl methyl sites for hydroxylation is 4. The lowest BCUT2D eigenvalue weighted by atomic mass is 10.1. The molecule has 0 bridgehead atoms. The van der Waals surface area contributed by atoms with E-state index in [0.29, 0.717) is 10.7 Å². The number of anilines is 1. The second-order valence-corrected chi connectivity index (χ2v) is 10.5. The largest absolute Gasteiger partial charge is 0.491 e. The van der Waals surface area contributed by atoms with E-state index in [4.69, 9.17) is 16.3 Å². The predicted molar refractivity (Wildman–Crippen MR) is 136 cm³/mol. The van der Waals surface area contributed by atoms with Crippen molar-refractivity contribution >= 4 is 33.2 Å². The zero-order chi connectivity index (χ0) is 24.9. The van der Waals surface area contributed by atoms with Crippen LogP contribution in [0.5, 0.6) is 5.75 Å². The molecule has 0 aromatic heterocycles. The predicted octanol–water partition coefficient (Wildman–Crippen LogP) is 4.96. The molecule has 8 heteroatoms. The molecule has 180 valence electrons. The van der Waals surface area contributed by atoms with Crippen LogP contribution in [0.2, 0.25) is 5.02 Å². The zero-order valence-electron chi connectivity index (χ0n) is 19.8. The number of ether oxygens (including phenoxy) is 1. The molecule has 3 rings (SSSR count). The van der Waals surface area contributed by atoms with E-state index in [-0.39, 0.29) is 24.6 Å².